The third-order valence-corrected chi connectivity index (χ3v) is 5.26. The maximum absolute atomic E-state index is 12.4. The molecule has 0 aliphatic rings. The number of amidine groups is 1. The maximum atomic E-state index is 12.4. The second kappa shape index (κ2) is 10.5. The summed E-state index contributed by atoms with van der Waals surface area (Å²) in [6, 6.07) is 11.8. The van der Waals surface area contributed by atoms with Crippen LogP contribution in [0.3, 0.4) is 0 Å². The molecular formula is C23H31N5O2. The van der Waals surface area contributed by atoms with Crippen LogP contribution in [-0.4, -0.2) is 29.7 Å². The lowest BCUT2D eigenvalue weighted by Crippen LogP contribution is -2.50. The van der Waals surface area contributed by atoms with Crippen molar-refractivity contribution < 1.29 is 9.59 Å². The molecule has 0 unspecified atom stereocenters. The van der Waals surface area contributed by atoms with Crippen LogP contribution in [0.4, 0.5) is 0 Å². The second-order valence-corrected chi connectivity index (χ2v) is 7.56. The predicted octanol–water partition coefficient (Wildman–Crippen LogP) is 1.67. The summed E-state index contributed by atoms with van der Waals surface area (Å²) in [6.07, 6.45) is 1.21. The summed E-state index contributed by atoms with van der Waals surface area (Å²) < 4.78 is 0. The lowest BCUT2D eigenvalue weighted by Gasteiger charge is -2.18. The van der Waals surface area contributed by atoms with Crippen molar-refractivity contribution in [2.45, 2.75) is 52.2 Å². The summed E-state index contributed by atoms with van der Waals surface area (Å²) in [5.41, 5.74) is 16.6. The first-order chi connectivity index (χ1) is 14.2. The van der Waals surface area contributed by atoms with E-state index in [9.17, 15) is 9.59 Å². The fourth-order valence-electron chi connectivity index (χ4n) is 3.06. The Morgan fingerprint density at radius 2 is 1.73 bits per heavy atom. The fraction of sp³-hybridized carbons (Fsp3) is 0.348. The highest BCUT2D eigenvalue weighted by molar-refractivity contribution is 5.94. The van der Waals surface area contributed by atoms with Gasteiger partial charge >= 0.3 is 0 Å². The SMILES string of the molecule is Cc1cccc(CC[C@@H](N)C(=O)N[C@@H](C)C(=O)NCc2ccc(C(=N)N)cc2)c1C. The molecule has 0 aliphatic heterocycles. The Kier molecular flexibility index (Phi) is 8.12. The number of rotatable bonds is 9. The monoisotopic (exact) mass is 409 g/mol. The minimum atomic E-state index is -0.694. The first-order valence-corrected chi connectivity index (χ1v) is 10.0. The number of nitrogens with two attached hydrogens (primary N) is 2. The van der Waals surface area contributed by atoms with Gasteiger partial charge in [-0.1, -0.05) is 42.5 Å². The van der Waals surface area contributed by atoms with Crippen molar-refractivity contribution in [1.82, 2.24) is 10.6 Å². The van der Waals surface area contributed by atoms with Crippen LogP contribution in [0.15, 0.2) is 42.5 Å². The molecule has 7 N–H and O–H groups in total. The zero-order valence-corrected chi connectivity index (χ0v) is 17.8. The standard InChI is InChI=1S/C23H31N5O2/c1-14-5-4-6-18(15(14)2)11-12-20(24)23(30)28-16(3)22(29)27-13-17-7-9-19(10-8-17)21(25)26/h4-10,16,20H,11-13,24H2,1-3H3,(H3,25,26)(H,27,29)(H,28,30)/t16-,20+/m0/s1. The molecule has 0 aromatic heterocycles. The molecule has 30 heavy (non-hydrogen) atoms. The molecule has 2 aromatic carbocycles. The maximum Gasteiger partial charge on any atom is 0.242 e. The van der Waals surface area contributed by atoms with Gasteiger partial charge in [0.2, 0.25) is 11.8 Å². The van der Waals surface area contributed by atoms with E-state index >= 15 is 0 Å². The molecule has 7 nitrogen and oxygen atoms in total. The van der Waals surface area contributed by atoms with Crippen LogP contribution in [0.1, 0.15) is 41.2 Å². The quantitative estimate of drug-likeness (QED) is 0.318. The molecule has 0 spiro atoms. The molecule has 2 amide bonds. The Labute approximate surface area is 177 Å². The first kappa shape index (κ1) is 23.1. The summed E-state index contributed by atoms with van der Waals surface area (Å²) in [5.74, 6) is -0.634. The molecule has 2 rings (SSSR count). The first-order valence-electron chi connectivity index (χ1n) is 10.0. The van der Waals surface area contributed by atoms with Crippen LogP contribution in [0, 0.1) is 19.3 Å². The van der Waals surface area contributed by atoms with Crippen molar-refractivity contribution >= 4 is 17.6 Å². The van der Waals surface area contributed by atoms with Gasteiger partial charge in [0, 0.05) is 12.1 Å². The molecule has 2 atom stereocenters. The molecule has 0 heterocycles. The van der Waals surface area contributed by atoms with Gasteiger partial charge in [0.1, 0.15) is 11.9 Å². The lowest BCUT2D eigenvalue weighted by molar-refractivity contribution is -0.129. The molecule has 2 aromatic rings. The molecule has 0 aliphatic carbocycles. The summed E-state index contributed by atoms with van der Waals surface area (Å²) in [5, 5.41) is 12.9. The third kappa shape index (κ3) is 6.42. The van der Waals surface area contributed by atoms with Crippen LogP contribution in [-0.2, 0) is 22.6 Å². The second-order valence-electron chi connectivity index (χ2n) is 7.56. The van der Waals surface area contributed by atoms with Crippen LogP contribution < -0.4 is 22.1 Å². The number of benzene rings is 2. The Bertz CT molecular complexity index is 908. The molecule has 0 radical (unpaired) electrons. The Morgan fingerprint density at radius 1 is 1.07 bits per heavy atom. The largest absolute Gasteiger partial charge is 0.384 e. The Morgan fingerprint density at radius 3 is 2.37 bits per heavy atom. The number of nitrogen functional groups attached to an aromatic ring is 1. The van der Waals surface area contributed by atoms with E-state index in [1.807, 2.05) is 12.1 Å². The lowest BCUT2D eigenvalue weighted by atomic mass is 9.97. The van der Waals surface area contributed by atoms with E-state index in [2.05, 4.69) is 30.5 Å². The normalized spacial score (nSPS) is 12.7. The number of aryl methyl sites for hydroxylation is 2. The fourth-order valence-corrected chi connectivity index (χ4v) is 3.06. The van der Waals surface area contributed by atoms with Crippen LogP contribution >= 0.6 is 0 Å². The number of amides is 2. The summed E-state index contributed by atoms with van der Waals surface area (Å²) in [6.45, 7) is 6.07. The van der Waals surface area contributed by atoms with Gasteiger partial charge in [-0.3, -0.25) is 15.0 Å². The summed E-state index contributed by atoms with van der Waals surface area (Å²) in [7, 11) is 0. The van der Waals surface area contributed by atoms with E-state index in [-0.39, 0.29) is 17.6 Å². The highest BCUT2D eigenvalue weighted by atomic mass is 16.2. The third-order valence-electron chi connectivity index (χ3n) is 5.26. The average molecular weight is 410 g/mol. The molecule has 160 valence electrons. The summed E-state index contributed by atoms with van der Waals surface area (Å²) in [4.78, 5) is 24.6. The minimum absolute atomic E-state index is 0.00387. The van der Waals surface area contributed by atoms with E-state index in [0.717, 1.165) is 5.56 Å². The van der Waals surface area contributed by atoms with Gasteiger partial charge in [-0.05, 0) is 55.9 Å². The zero-order chi connectivity index (χ0) is 22.3. The number of nitrogens with one attached hydrogen (secondary N) is 3. The van der Waals surface area contributed by atoms with E-state index in [1.54, 1.807) is 31.2 Å². The molecule has 0 saturated heterocycles. The van der Waals surface area contributed by atoms with Gasteiger partial charge in [-0.25, -0.2) is 0 Å². The molecular weight excluding hydrogens is 378 g/mol. The van der Waals surface area contributed by atoms with Gasteiger partial charge < -0.3 is 22.1 Å². The average Bonchev–Trinajstić information content (AvgIpc) is 2.72. The van der Waals surface area contributed by atoms with Crippen molar-refractivity contribution in [1.29, 1.82) is 5.41 Å². The van der Waals surface area contributed by atoms with Gasteiger partial charge in [-0.2, -0.15) is 0 Å². The Hall–Kier alpha value is -3.19. The van der Waals surface area contributed by atoms with Crippen molar-refractivity contribution in [3.63, 3.8) is 0 Å². The number of carbonyl (C=O) groups excluding carboxylic acids is 2. The molecule has 7 heteroatoms. The van der Waals surface area contributed by atoms with E-state index in [4.69, 9.17) is 16.9 Å². The van der Waals surface area contributed by atoms with Gasteiger partial charge in [0.25, 0.3) is 0 Å². The van der Waals surface area contributed by atoms with Crippen molar-refractivity contribution in [2.24, 2.45) is 11.5 Å². The highest BCUT2D eigenvalue weighted by Crippen LogP contribution is 2.15. The van der Waals surface area contributed by atoms with Gasteiger partial charge in [-0.15, -0.1) is 0 Å². The van der Waals surface area contributed by atoms with Crippen LogP contribution in [0.2, 0.25) is 0 Å². The van der Waals surface area contributed by atoms with Crippen molar-refractivity contribution in [3.8, 4) is 0 Å². The van der Waals surface area contributed by atoms with Crippen molar-refractivity contribution in [3.05, 3.63) is 70.3 Å². The van der Waals surface area contributed by atoms with Gasteiger partial charge in [0.05, 0.1) is 6.04 Å². The number of hydrogen-bond acceptors (Lipinski definition) is 4. The highest BCUT2D eigenvalue weighted by Gasteiger charge is 2.20. The summed E-state index contributed by atoms with van der Waals surface area (Å²) >= 11 is 0. The Balaban J connectivity index is 1.79. The number of carbonyl (C=O) groups is 2. The van der Waals surface area contributed by atoms with E-state index in [0.29, 0.717) is 24.9 Å². The molecule has 0 fully saturated rings. The predicted molar refractivity (Wildman–Crippen MR) is 119 cm³/mol. The minimum Gasteiger partial charge on any atom is -0.384 e. The number of hydrogen-bond donors (Lipinski definition) is 5. The van der Waals surface area contributed by atoms with Gasteiger partial charge in [0.15, 0.2) is 0 Å². The van der Waals surface area contributed by atoms with Crippen LogP contribution in [0.5, 0.6) is 0 Å². The smallest absolute Gasteiger partial charge is 0.242 e. The van der Waals surface area contributed by atoms with E-state index < -0.39 is 12.1 Å². The van der Waals surface area contributed by atoms with E-state index in [1.165, 1.54) is 16.7 Å². The molecule has 0 saturated carbocycles. The topological polar surface area (TPSA) is 134 Å². The molecule has 0 bridgehead atoms. The zero-order valence-electron chi connectivity index (χ0n) is 17.8. The van der Waals surface area contributed by atoms with Crippen LogP contribution in [0.25, 0.3) is 0 Å². The van der Waals surface area contributed by atoms with Crippen molar-refractivity contribution in [2.75, 3.05) is 0 Å².